The first-order valence-corrected chi connectivity index (χ1v) is 6.45. The van der Waals surface area contributed by atoms with Gasteiger partial charge in [-0.3, -0.25) is 14.4 Å². The Labute approximate surface area is 123 Å². The maximum Gasteiger partial charge on any atom is 0.352 e. The van der Waals surface area contributed by atoms with E-state index in [4.69, 9.17) is 10.2 Å². The van der Waals surface area contributed by atoms with Gasteiger partial charge in [-0.1, -0.05) is 6.07 Å². The molecule has 0 aliphatic carbocycles. The third kappa shape index (κ3) is 2.98. The van der Waals surface area contributed by atoms with Crippen molar-refractivity contribution in [2.75, 3.05) is 6.54 Å². The van der Waals surface area contributed by atoms with Gasteiger partial charge < -0.3 is 25.6 Å². The molecule has 1 aromatic heterocycles. The minimum atomic E-state index is -1.36. The molecule has 3 atom stereocenters. The van der Waals surface area contributed by atoms with E-state index in [0.717, 1.165) is 6.07 Å². The molecule has 9 heteroatoms. The highest BCUT2D eigenvalue weighted by atomic mass is 16.4. The van der Waals surface area contributed by atoms with E-state index in [1.165, 1.54) is 6.07 Å². The van der Waals surface area contributed by atoms with E-state index in [1.807, 2.05) is 0 Å². The molecule has 0 radical (unpaired) electrons. The summed E-state index contributed by atoms with van der Waals surface area (Å²) < 4.78 is 0. The summed E-state index contributed by atoms with van der Waals surface area (Å²) in [6.45, 7) is 0.112. The second-order valence-corrected chi connectivity index (χ2v) is 5.05. The molecule has 1 aromatic rings. The second-order valence-electron chi connectivity index (χ2n) is 5.05. The van der Waals surface area contributed by atoms with Gasteiger partial charge in [-0.25, -0.2) is 4.79 Å². The minimum Gasteiger partial charge on any atom is -0.481 e. The fourth-order valence-electron chi connectivity index (χ4n) is 2.83. The lowest BCUT2D eigenvalue weighted by Crippen LogP contribution is -2.36. The zero-order valence-corrected chi connectivity index (χ0v) is 11.3. The minimum absolute atomic E-state index is 0.112. The predicted molar refractivity (Wildman–Crippen MR) is 71.9 cm³/mol. The standard InChI is InChI=1S/C13H14N2O7/c16-8-2-1-5(11(15-8)13(21)22)7-4-14-10(12(19)20)6(7)3-9(17)18/h1-2,6-7,10,14H,3-4H2,(H,15,16)(H,17,18)(H,19,20)(H,21,22)/t6-,7?,10?/m0/s1. The summed E-state index contributed by atoms with van der Waals surface area (Å²) in [5, 5.41) is 30.0. The number of aromatic carboxylic acids is 1. The second kappa shape index (κ2) is 5.98. The summed E-state index contributed by atoms with van der Waals surface area (Å²) in [5.74, 6) is -5.19. The average Bonchev–Trinajstić information content (AvgIpc) is 2.81. The van der Waals surface area contributed by atoms with Crippen molar-refractivity contribution in [1.29, 1.82) is 0 Å². The molecule has 118 valence electrons. The van der Waals surface area contributed by atoms with Gasteiger partial charge in [0.05, 0.1) is 6.42 Å². The van der Waals surface area contributed by atoms with Crippen LogP contribution in [0.1, 0.15) is 28.4 Å². The van der Waals surface area contributed by atoms with Gasteiger partial charge in [0.1, 0.15) is 11.7 Å². The van der Waals surface area contributed by atoms with Crippen LogP contribution in [0.3, 0.4) is 0 Å². The normalized spacial score (nSPS) is 24.1. The van der Waals surface area contributed by atoms with Crippen LogP contribution in [0.2, 0.25) is 0 Å². The van der Waals surface area contributed by atoms with Crippen molar-refractivity contribution in [3.63, 3.8) is 0 Å². The number of nitrogens with one attached hydrogen (secondary N) is 2. The number of aromatic nitrogens is 1. The molecule has 0 spiro atoms. The van der Waals surface area contributed by atoms with Gasteiger partial charge in [0, 0.05) is 24.4 Å². The van der Waals surface area contributed by atoms with Gasteiger partial charge >= 0.3 is 17.9 Å². The van der Waals surface area contributed by atoms with Crippen LogP contribution in [0, 0.1) is 5.92 Å². The molecule has 2 rings (SSSR count). The first-order valence-electron chi connectivity index (χ1n) is 6.45. The topological polar surface area (TPSA) is 157 Å². The monoisotopic (exact) mass is 310 g/mol. The van der Waals surface area contributed by atoms with E-state index in [9.17, 15) is 24.3 Å². The van der Waals surface area contributed by atoms with Gasteiger partial charge in [0.15, 0.2) is 0 Å². The molecular formula is C13H14N2O7. The van der Waals surface area contributed by atoms with Crippen LogP contribution in [0.15, 0.2) is 16.9 Å². The van der Waals surface area contributed by atoms with Gasteiger partial charge in [0.2, 0.25) is 5.56 Å². The fourth-order valence-corrected chi connectivity index (χ4v) is 2.83. The number of hydrogen-bond donors (Lipinski definition) is 5. The highest BCUT2D eigenvalue weighted by molar-refractivity contribution is 5.87. The maximum absolute atomic E-state index is 11.3. The Morgan fingerprint density at radius 1 is 1.18 bits per heavy atom. The number of rotatable bonds is 5. The molecule has 1 aliphatic rings. The molecule has 1 aliphatic heterocycles. The molecule has 0 bridgehead atoms. The SMILES string of the molecule is O=C(O)C[C@@H]1C(C(=O)O)NCC1c1ccc(=O)[nH]c1C(=O)O. The molecular weight excluding hydrogens is 296 g/mol. The van der Waals surface area contributed by atoms with E-state index in [2.05, 4.69) is 10.3 Å². The Hall–Kier alpha value is -2.68. The van der Waals surface area contributed by atoms with Crippen LogP contribution in [-0.4, -0.2) is 50.8 Å². The van der Waals surface area contributed by atoms with E-state index in [-0.39, 0.29) is 17.8 Å². The molecule has 9 nitrogen and oxygen atoms in total. The summed E-state index contributed by atoms with van der Waals surface area (Å²) in [6.07, 6.45) is -0.424. The van der Waals surface area contributed by atoms with E-state index >= 15 is 0 Å². The van der Waals surface area contributed by atoms with E-state index in [1.54, 1.807) is 0 Å². The zero-order valence-electron chi connectivity index (χ0n) is 11.3. The van der Waals surface area contributed by atoms with Crippen molar-refractivity contribution in [2.45, 2.75) is 18.4 Å². The Morgan fingerprint density at radius 3 is 2.41 bits per heavy atom. The molecule has 1 fully saturated rings. The summed E-state index contributed by atoms with van der Waals surface area (Å²) in [7, 11) is 0. The molecule has 0 amide bonds. The number of hydrogen-bond acceptors (Lipinski definition) is 5. The van der Waals surface area contributed by atoms with Crippen molar-refractivity contribution in [3.8, 4) is 0 Å². The maximum atomic E-state index is 11.3. The lowest BCUT2D eigenvalue weighted by Gasteiger charge is -2.21. The molecule has 2 heterocycles. The Kier molecular flexibility index (Phi) is 4.27. The number of aromatic amines is 1. The molecule has 2 unspecified atom stereocenters. The van der Waals surface area contributed by atoms with Crippen molar-refractivity contribution in [1.82, 2.24) is 10.3 Å². The highest BCUT2D eigenvalue weighted by Gasteiger charge is 2.43. The number of H-pyrrole nitrogens is 1. The summed E-state index contributed by atoms with van der Waals surface area (Å²) in [5.41, 5.74) is -0.730. The van der Waals surface area contributed by atoms with Gasteiger partial charge in [-0.15, -0.1) is 0 Å². The van der Waals surface area contributed by atoms with Crippen LogP contribution < -0.4 is 10.9 Å². The van der Waals surface area contributed by atoms with Crippen LogP contribution in [0.25, 0.3) is 0 Å². The number of carboxylic acid groups (broad SMARTS) is 3. The van der Waals surface area contributed by atoms with Crippen molar-refractivity contribution in [2.24, 2.45) is 5.92 Å². The average molecular weight is 310 g/mol. The van der Waals surface area contributed by atoms with Crippen LogP contribution in [0.4, 0.5) is 0 Å². The van der Waals surface area contributed by atoms with Crippen molar-refractivity contribution >= 4 is 17.9 Å². The van der Waals surface area contributed by atoms with Gasteiger partial charge in [-0.05, 0) is 5.56 Å². The largest absolute Gasteiger partial charge is 0.481 e. The van der Waals surface area contributed by atoms with E-state index < -0.39 is 47.8 Å². The van der Waals surface area contributed by atoms with Crippen LogP contribution in [0.5, 0.6) is 0 Å². The molecule has 1 saturated heterocycles. The van der Waals surface area contributed by atoms with Crippen LogP contribution >= 0.6 is 0 Å². The summed E-state index contributed by atoms with van der Waals surface area (Å²) >= 11 is 0. The number of carboxylic acids is 3. The van der Waals surface area contributed by atoms with Crippen molar-refractivity contribution < 1.29 is 29.7 Å². The molecule has 22 heavy (non-hydrogen) atoms. The van der Waals surface area contributed by atoms with Gasteiger partial charge in [0.25, 0.3) is 0 Å². The van der Waals surface area contributed by atoms with Crippen molar-refractivity contribution in [3.05, 3.63) is 33.7 Å². The Morgan fingerprint density at radius 2 is 1.86 bits per heavy atom. The zero-order chi connectivity index (χ0) is 16.4. The molecule has 0 aromatic carbocycles. The molecule has 5 N–H and O–H groups in total. The van der Waals surface area contributed by atoms with Gasteiger partial charge in [-0.2, -0.15) is 0 Å². The third-order valence-corrected chi connectivity index (χ3v) is 3.74. The first-order chi connectivity index (χ1) is 10.3. The molecule has 0 saturated carbocycles. The Balaban J connectivity index is 2.46. The number of aliphatic carboxylic acids is 2. The van der Waals surface area contributed by atoms with E-state index in [0.29, 0.717) is 0 Å². The predicted octanol–water partition coefficient (Wildman–Crippen LogP) is -0.696. The highest BCUT2D eigenvalue weighted by Crippen LogP contribution is 2.35. The van der Waals surface area contributed by atoms with Crippen LogP contribution in [-0.2, 0) is 9.59 Å². The summed E-state index contributed by atoms with van der Waals surface area (Å²) in [6, 6.07) is 1.34. The fraction of sp³-hybridized carbons (Fsp3) is 0.385. The summed E-state index contributed by atoms with van der Waals surface area (Å²) in [4.78, 5) is 46.9. The first kappa shape index (κ1) is 15.7. The third-order valence-electron chi connectivity index (χ3n) is 3.74. The smallest absolute Gasteiger partial charge is 0.352 e. The quantitative estimate of drug-likeness (QED) is 0.478. The lowest BCUT2D eigenvalue weighted by molar-refractivity contribution is -0.142. The Bertz CT molecular complexity index is 681. The number of pyridine rings is 1. The number of carbonyl (C=O) groups is 3. The lowest BCUT2D eigenvalue weighted by atomic mass is 9.82.